The van der Waals surface area contributed by atoms with Gasteiger partial charge in [0.05, 0.1) is 39.3 Å². The quantitative estimate of drug-likeness (QED) is 0.0855. The second-order valence-electron chi connectivity index (χ2n) is 22.8. The Hall–Kier alpha value is -6.86. The zero-order chi connectivity index (χ0) is 57.8. The maximum absolute atomic E-state index is 13.3. The topological polar surface area (TPSA) is 145 Å². The van der Waals surface area contributed by atoms with E-state index in [4.69, 9.17) is 0 Å². The van der Waals surface area contributed by atoms with E-state index in [1.54, 1.807) is 64.4 Å². The van der Waals surface area contributed by atoms with Gasteiger partial charge in [-0.2, -0.15) is 39.5 Å². The number of hydrogen-bond donors (Lipinski definition) is 3. The minimum absolute atomic E-state index is 0. The molecule has 3 saturated carbocycles. The van der Waals surface area contributed by atoms with Gasteiger partial charge in [0.25, 0.3) is 0 Å². The highest BCUT2D eigenvalue weighted by Gasteiger charge is 2.39. The molecule has 82 heavy (non-hydrogen) atoms. The average molecular weight is 1150 g/mol. The molecule has 6 aliphatic rings. The van der Waals surface area contributed by atoms with Crippen LogP contribution in [0.2, 0.25) is 0 Å². The van der Waals surface area contributed by atoms with Crippen molar-refractivity contribution >= 4 is 50.9 Å². The number of nitrogens with zero attached hydrogens (tertiary/aromatic N) is 6. The molecule has 440 valence electrons. The summed E-state index contributed by atoms with van der Waals surface area (Å²) in [6.07, 6.45) is 1.38. The van der Waals surface area contributed by atoms with Crippen LogP contribution < -0.4 is 16.0 Å². The first kappa shape index (κ1) is 61.2. The summed E-state index contributed by atoms with van der Waals surface area (Å²) in [6, 6.07) is 19.1. The second kappa shape index (κ2) is 25.7. The number of benzene rings is 3. The van der Waals surface area contributed by atoms with E-state index in [9.17, 15) is 53.9 Å². The summed E-state index contributed by atoms with van der Waals surface area (Å²) in [6.45, 7) is 10.5. The van der Waals surface area contributed by atoms with E-state index >= 15 is 0 Å². The molecule has 6 heterocycles. The van der Waals surface area contributed by atoms with Crippen LogP contribution >= 0.6 is 0 Å². The number of amides is 4. The van der Waals surface area contributed by atoms with E-state index in [0.717, 1.165) is 99.7 Å². The van der Waals surface area contributed by atoms with Crippen LogP contribution in [0.15, 0.2) is 96.4 Å². The van der Waals surface area contributed by atoms with Crippen LogP contribution in [0.25, 0.3) is 32.7 Å². The third-order valence-corrected chi connectivity index (χ3v) is 15.7. The third-order valence-electron chi connectivity index (χ3n) is 15.7. The molecule has 12 nitrogen and oxygen atoms in total. The number of rotatable bonds is 6. The van der Waals surface area contributed by atoms with Gasteiger partial charge < -0.3 is 25.8 Å². The number of fused-ring (bicyclic) bond motifs is 3. The first-order chi connectivity index (χ1) is 38.5. The van der Waals surface area contributed by atoms with E-state index in [0.29, 0.717) is 54.3 Å². The van der Waals surface area contributed by atoms with Crippen molar-refractivity contribution in [3.05, 3.63) is 125 Å². The zero-order valence-electron chi connectivity index (χ0n) is 45.3. The second-order valence-corrected chi connectivity index (χ2v) is 22.8. The lowest BCUT2D eigenvalue weighted by molar-refractivity contribution is -0.137. The van der Waals surface area contributed by atoms with Crippen molar-refractivity contribution in [3.8, 4) is 0 Å². The third kappa shape index (κ3) is 15.4. The van der Waals surface area contributed by atoms with Crippen molar-refractivity contribution in [1.82, 2.24) is 40.7 Å². The number of piperidine rings is 3. The molecule has 21 heteroatoms. The van der Waals surface area contributed by atoms with Crippen LogP contribution in [0.3, 0.4) is 0 Å². The van der Waals surface area contributed by atoms with Gasteiger partial charge in [-0.15, -0.1) is 0 Å². The van der Waals surface area contributed by atoms with Crippen LogP contribution in [-0.4, -0.2) is 100 Å². The molecule has 12 rings (SSSR count). The molecule has 3 unspecified atom stereocenters. The number of hydrogen-bond acceptors (Lipinski definition) is 8. The summed E-state index contributed by atoms with van der Waals surface area (Å²) in [5.41, 5.74) is 0.570. The molecule has 3 aromatic carbocycles. The molecule has 3 N–H and O–H groups in total. The Balaban J connectivity index is 0.000000153. The summed E-state index contributed by atoms with van der Waals surface area (Å²) in [5.74, 6) is 1.31. The molecule has 3 aliphatic heterocycles. The van der Waals surface area contributed by atoms with Crippen molar-refractivity contribution < 1.29 is 53.9 Å². The number of aromatic nitrogens is 3. The maximum atomic E-state index is 13.3. The number of isocyanates is 1. The number of likely N-dealkylation sites (tertiary alicyclic amines) is 2. The number of carbonyl (C=O) groups excluding carboxylic acids is 3. The average Bonchev–Trinajstić information content (AvgIpc) is 4.41. The normalized spacial score (nSPS) is 22.9. The summed E-state index contributed by atoms with van der Waals surface area (Å²) in [4.78, 5) is 53.4. The lowest BCUT2D eigenvalue weighted by Gasteiger charge is -2.37. The Kier molecular flexibility index (Phi) is 19.2. The molecule has 3 aliphatic carbocycles. The lowest BCUT2D eigenvalue weighted by atomic mass is 9.83. The minimum atomic E-state index is -4.44. The Morgan fingerprint density at radius 3 is 1.21 bits per heavy atom. The fraction of sp³-hybridized carbons (Fsp3) is 0.508. The predicted octanol–water partition coefficient (Wildman–Crippen LogP) is 14.2. The first-order valence-electron chi connectivity index (χ1n) is 27.8. The molecule has 6 aromatic rings. The number of carbonyl (C=O) groups is 2. The van der Waals surface area contributed by atoms with Gasteiger partial charge >= 0.3 is 30.6 Å². The van der Waals surface area contributed by atoms with Crippen LogP contribution in [0, 0.1) is 17.8 Å². The molecule has 0 bridgehead atoms. The Morgan fingerprint density at radius 2 is 0.890 bits per heavy atom. The molecule has 3 saturated heterocycles. The van der Waals surface area contributed by atoms with Crippen molar-refractivity contribution in [3.63, 3.8) is 0 Å². The van der Waals surface area contributed by atoms with E-state index in [2.05, 4.69) is 56.7 Å². The molecule has 0 spiro atoms. The van der Waals surface area contributed by atoms with Crippen LogP contribution in [0.5, 0.6) is 0 Å². The van der Waals surface area contributed by atoms with Gasteiger partial charge in [0.2, 0.25) is 6.08 Å². The van der Waals surface area contributed by atoms with Gasteiger partial charge in [0.15, 0.2) is 0 Å². The van der Waals surface area contributed by atoms with E-state index in [-0.39, 0.29) is 77.7 Å². The molecule has 6 fully saturated rings. The van der Waals surface area contributed by atoms with Gasteiger partial charge in [-0.3, -0.25) is 15.0 Å². The van der Waals surface area contributed by atoms with Gasteiger partial charge in [0.1, 0.15) is 0 Å². The fourth-order valence-electron chi connectivity index (χ4n) is 11.5. The number of nitrogens with one attached hydrogen (secondary N) is 3. The number of aliphatic imine (C=N–C) groups is 1. The lowest BCUT2D eigenvalue weighted by Crippen LogP contribution is -2.48. The summed E-state index contributed by atoms with van der Waals surface area (Å²) >= 11 is 0. The molecular formula is C61H70F9N9O3. The Labute approximate surface area is 471 Å². The van der Waals surface area contributed by atoms with Crippen molar-refractivity contribution in [2.24, 2.45) is 22.7 Å². The van der Waals surface area contributed by atoms with Crippen LogP contribution in [-0.2, 0) is 23.3 Å². The SMILES string of the molecule is C.CC1CNCC(c2ccc(C(F)(F)F)c3ncccc23)C1.C[C@@H]1CC(c2ccc(C(F)(F)F)c3ncccc23)CN(C(=O)NC2CC2)C1.C[C@@H]1C[C@@H](c2ccc(C(F)(F)F)c3ncccc23)CN(C(=O)NC2CC2)C1.O=C=NC1CC1. The number of alkyl halides is 9. The van der Waals surface area contributed by atoms with Gasteiger partial charge in [0, 0.05) is 91.4 Å². The smallest absolute Gasteiger partial charge is 0.335 e. The summed E-state index contributed by atoms with van der Waals surface area (Å²) in [7, 11) is 0. The van der Waals surface area contributed by atoms with Crippen molar-refractivity contribution in [1.29, 1.82) is 0 Å². The fourth-order valence-corrected chi connectivity index (χ4v) is 11.5. The van der Waals surface area contributed by atoms with Crippen LogP contribution in [0.4, 0.5) is 49.1 Å². The van der Waals surface area contributed by atoms with E-state index in [1.807, 2.05) is 0 Å². The first-order valence-corrected chi connectivity index (χ1v) is 27.8. The van der Waals surface area contributed by atoms with Crippen LogP contribution in [0.1, 0.15) is 137 Å². The maximum Gasteiger partial charge on any atom is 0.418 e. The molecular weight excluding hydrogens is 1080 g/mol. The molecule has 0 radical (unpaired) electrons. The standard InChI is InChI=1S/2C20H22F3N3O.C16H17F3N2.C4H5NO.CH4/c2*1-12-9-13(11-26(10-12)19(27)25-14-4-5-14)15-6-7-17(20(21,22)23)18-16(15)3-2-8-24-18;1-10-7-11(9-20-8-10)12-4-5-14(16(17,18)19)15-13(12)3-2-6-21-15;6-3-5-4-1-2-4;/h2*2-3,6-8,12-14H,4-5,9-11H2,1H3,(H,25,27);2-6,10-11,20H,7-9H2,1H3;4H,1-2H2;1H4/t12-,13?;12-,13-;;;/m11.../s1. The molecule has 3 aromatic heterocycles. The Bertz CT molecular complexity index is 3100. The van der Waals surface area contributed by atoms with Crippen molar-refractivity contribution in [2.45, 2.75) is 140 Å². The monoisotopic (exact) mass is 1150 g/mol. The number of pyridine rings is 3. The van der Waals surface area contributed by atoms with Gasteiger partial charge in [-0.05, 0) is 141 Å². The predicted molar refractivity (Wildman–Crippen MR) is 297 cm³/mol. The van der Waals surface area contributed by atoms with Gasteiger partial charge in [-0.25, -0.2) is 19.4 Å². The zero-order valence-corrected chi connectivity index (χ0v) is 45.3. The largest absolute Gasteiger partial charge is 0.418 e. The highest BCUT2D eigenvalue weighted by atomic mass is 19.4. The highest BCUT2D eigenvalue weighted by Crippen LogP contribution is 2.43. The van der Waals surface area contributed by atoms with E-state index in [1.165, 1.54) is 30.7 Å². The Morgan fingerprint density at radius 1 is 0.524 bits per heavy atom. The van der Waals surface area contributed by atoms with Gasteiger partial charge in [-0.1, -0.05) is 64.6 Å². The molecule has 6 atom stereocenters. The van der Waals surface area contributed by atoms with Crippen molar-refractivity contribution in [2.75, 3.05) is 39.3 Å². The summed E-state index contributed by atoms with van der Waals surface area (Å²) < 4.78 is 119. The highest BCUT2D eigenvalue weighted by molar-refractivity contribution is 5.88. The number of halogens is 9. The molecule has 4 amide bonds. The number of urea groups is 2. The minimum Gasteiger partial charge on any atom is -0.335 e. The van der Waals surface area contributed by atoms with E-state index < -0.39 is 35.2 Å². The summed E-state index contributed by atoms with van der Waals surface area (Å²) in [5, 5.41) is 11.0.